The largest absolute Gasteiger partial charge is 0.377 e. The second-order valence-electron chi connectivity index (χ2n) is 4.98. The van der Waals surface area contributed by atoms with Crippen molar-refractivity contribution in [1.82, 2.24) is 4.90 Å². The first-order valence-corrected chi connectivity index (χ1v) is 6.60. The van der Waals surface area contributed by atoms with Gasteiger partial charge in [-0.15, -0.1) is 0 Å². The molecule has 2 aliphatic rings. The Morgan fingerprint density at radius 3 is 2.58 bits per heavy atom. The van der Waals surface area contributed by atoms with Crippen LogP contribution in [0.5, 0.6) is 0 Å². The van der Waals surface area contributed by atoms with E-state index >= 15 is 0 Å². The summed E-state index contributed by atoms with van der Waals surface area (Å²) in [5, 5.41) is 0. The molecule has 0 spiro atoms. The van der Waals surface area contributed by atoms with Crippen LogP contribution in [-0.2, 0) is 4.79 Å². The predicted octanol–water partition coefficient (Wildman–Crippen LogP) is 1.83. The number of para-hydroxylation sites is 1. The molecule has 0 radical (unpaired) electrons. The summed E-state index contributed by atoms with van der Waals surface area (Å²) in [6, 6.07) is 7.27. The summed E-state index contributed by atoms with van der Waals surface area (Å²) >= 11 is 0. The molecule has 0 saturated carbocycles. The molecule has 0 aliphatic carbocycles. The quantitative estimate of drug-likeness (QED) is 0.598. The van der Waals surface area contributed by atoms with Crippen LogP contribution < -0.4 is 4.90 Å². The molecule has 0 atom stereocenters. The molecule has 4 nitrogen and oxygen atoms in total. The number of Topliss-reactive ketones (excluding diaryl/α,β-unsaturated/α-hetero) is 1. The Morgan fingerprint density at radius 1 is 1.11 bits per heavy atom. The van der Waals surface area contributed by atoms with E-state index in [9.17, 15) is 9.59 Å². The molecular weight excluding hydrogens is 240 g/mol. The second kappa shape index (κ2) is 4.88. The van der Waals surface area contributed by atoms with E-state index in [2.05, 4.69) is 4.90 Å². The number of rotatable bonds is 2. The first kappa shape index (κ1) is 12.0. The number of ketones is 1. The van der Waals surface area contributed by atoms with Crippen LogP contribution in [-0.4, -0.2) is 36.7 Å². The van der Waals surface area contributed by atoms with Crippen LogP contribution in [0.2, 0.25) is 0 Å². The van der Waals surface area contributed by atoms with Crippen molar-refractivity contribution in [3.63, 3.8) is 0 Å². The van der Waals surface area contributed by atoms with Gasteiger partial charge < -0.3 is 9.80 Å². The van der Waals surface area contributed by atoms with Gasteiger partial charge >= 0.3 is 0 Å². The predicted molar refractivity (Wildman–Crippen MR) is 73.1 cm³/mol. The number of benzene rings is 1. The van der Waals surface area contributed by atoms with Crippen molar-refractivity contribution in [1.29, 1.82) is 0 Å². The lowest BCUT2D eigenvalue weighted by Crippen LogP contribution is -2.34. The smallest absolute Gasteiger partial charge is 0.214 e. The molecule has 4 heteroatoms. The fraction of sp³-hybridized carbons (Fsp3) is 0.333. The minimum Gasteiger partial charge on any atom is -0.377 e. The maximum atomic E-state index is 12.4. The van der Waals surface area contributed by atoms with E-state index in [1.807, 2.05) is 24.4 Å². The minimum atomic E-state index is 0.0422. The molecule has 1 aromatic rings. The first-order valence-electron chi connectivity index (χ1n) is 6.60. The summed E-state index contributed by atoms with van der Waals surface area (Å²) in [6.07, 6.45) is 5.07. The van der Waals surface area contributed by atoms with Gasteiger partial charge in [0.2, 0.25) is 6.41 Å². The number of anilines is 1. The Balaban J connectivity index is 1.97. The van der Waals surface area contributed by atoms with Crippen molar-refractivity contribution in [3.8, 4) is 0 Å². The number of carbonyl (C=O) groups is 2. The summed E-state index contributed by atoms with van der Waals surface area (Å²) in [5.74, 6) is 0.0422. The first-order chi connectivity index (χ1) is 9.29. The normalized spacial score (nSPS) is 20.8. The Hall–Kier alpha value is -2.10. The van der Waals surface area contributed by atoms with E-state index < -0.39 is 0 Å². The fourth-order valence-corrected chi connectivity index (χ4v) is 2.71. The topological polar surface area (TPSA) is 40.6 Å². The summed E-state index contributed by atoms with van der Waals surface area (Å²) in [7, 11) is 0. The zero-order chi connectivity index (χ0) is 13.2. The zero-order valence-electron chi connectivity index (χ0n) is 10.7. The Kier molecular flexibility index (Phi) is 3.07. The van der Waals surface area contributed by atoms with Crippen molar-refractivity contribution in [2.45, 2.75) is 12.8 Å². The van der Waals surface area contributed by atoms with Gasteiger partial charge in [0.1, 0.15) is 0 Å². The Morgan fingerprint density at radius 2 is 1.84 bits per heavy atom. The van der Waals surface area contributed by atoms with Gasteiger partial charge in [-0.25, -0.2) is 0 Å². The van der Waals surface area contributed by atoms with Gasteiger partial charge in [0.05, 0.1) is 12.2 Å². The van der Waals surface area contributed by atoms with E-state index in [1.165, 1.54) is 12.8 Å². The van der Waals surface area contributed by atoms with Gasteiger partial charge in [0.25, 0.3) is 0 Å². The molecule has 2 heterocycles. The van der Waals surface area contributed by atoms with E-state index in [1.54, 1.807) is 11.0 Å². The highest BCUT2D eigenvalue weighted by atomic mass is 16.1. The Bertz CT molecular complexity index is 545. The van der Waals surface area contributed by atoms with Crippen LogP contribution in [0.25, 0.3) is 0 Å². The van der Waals surface area contributed by atoms with E-state index in [0.29, 0.717) is 23.4 Å². The third-order valence-corrected chi connectivity index (χ3v) is 3.70. The minimum absolute atomic E-state index is 0.0422. The van der Waals surface area contributed by atoms with E-state index in [4.69, 9.17) is 0 Å². The van der Waals surface area contributed by atoms with Crippen LogP contribution in [0.4, 0.5) is 5.69 Å². The molecule has 0 aromatic heterocycles. The van der Waals surface area contributed by atoms with Crippen molar-refractivity contribution < 1.29 is 9.59 Å². The molecule has 0 N–H and O–H groups in total. The average molecular weight is 256 g/mol. The van der Waals surface area contributed by atoms with Crippen LogP contribution in [0.1, 0.15) is 23.2 Å². The number of likely N-dealkylation sites (tertiary alicyclic amines) is 1. The van der Waals surface area contributed by atoms with Crippen LogP contribution in [0.15, 0.2) is 36.0 Å². The summed E-state index contributed by atoms with van der Waals surface area (Å²) in [5.41, 5.74) is 2.03. The van der Waals surface area contributed by atoms with Crippen molar-refractivity contribution >= 4 is 17.9 Å². The third kappa shape index (κ3) is 2.14. The lowest BCUT2D eigenvalue weighted by molar-refractivity contribution is -0.107. The van der Waals surface area contributed by atoms with Crippen LogP contribution in [0, 0.1) is 0 Å². The molecule has 2 aliphatic heterocycles. The number of fused-ring (bicyclic) bond motifs is 1. The number of nitrogens with zero attached hydrogens (tertiary/aromatic N) is 2. The third-order valence-electron chi connectivity index (χ3n) is 3.70. The van der Waals surface area contributed by atoms with Crippen LogP contribution in [0.3, 0.4) is 0 Å². The van der Waals surface area contributed by atoms with Gasteiger partial charge in [-0.05, 0) is 25.0 Å². The SMILES string of the molecule is O=CN1C/C(=C\N2CCCC2)C(=O)c2ccccc21. The lowest BCUT2D eigenvalue weighted by atomic mass is 9.97. The average Bonchev–Trinajstić information content (AvgIpc) is 2.95. The summed E-state index contributed by atoms with van der Waals surface area (Å²) < 4.78 is 0. The lowest BCUT2D eigenvalue weighted by Gasteiger charge is -2.27. The standard InChI is InChI=1S/C15H16N2O2/c18-11-17-10-12(9-16-7-3-4-8-16)15(19)13-5-1-2-6-14(13)17/h1-2,5-6,9,11H,3-4,7-8,10H2/b12-9+. The number of hydrogen-bond donors (Lipinski definition) is 0. The molecule has 1 aromatic carbocycles. The molecule has 0 bridgehead atoms. The molecular formula is C15H16N2O2. The number of hydrogen-bond acceptors (Lipinski definition) is 3. The van der Waals surface area contributed by atoms with Crippen molar-refractivity contribution in [3.05, 3.63) is 41.6 Å². The monoisotopic (exact) mass is 256 g/mol. The van der Waals surface area contributed by atoms with Gasteiger partial charge in [-0.3, -0.25) is 9.59 Å². The molecule has 98 valence electrons. The van der Waals surface area contributed by atoms with E-state index in [0.717, 1.165) is 19.5 Å². The highest BCUT2D eigenvalue weighted by Gasteiger charge is 2.27. The second-order valence-corrected chi connectivity index (χ2v) is 4.98. The van der Waals surface area contributed by atoms with Crippen molar-refractivity contribution in [2.24, 2.45) is 0 Å². The molecule has 0 unspecified atom stereocenters. The van der Waals surface area contributed by atoms with E-state index in [-0.39, 0.29) is 5.78 Å². The van der Waals surface area contributed by atoms with Gasteiger partial charge in [-0.1, -0.05) is 12.1 Å². The highest BCUT2D eigenvalue weighted by molar-refractivity contribution is 6.16. The highest BCUT2D eigenvalue weighted by Crippen LogP contribution is 2.28. The molecule has 19 heavy (non-hydrogen) atoms. The Labute approximate surface area is 112 Å². The maximum Gasteiger partial charge on any atom is 0.214 e. The summed E-state index contributed by atoms with van der Waals surface area (Å²) in [6.45, 7) is 2.37. The van der Waals surface area contributed by atoms with Crippen molar-refractivity contribution in [2.75, 3.05) is 24.5 Å². The molecule has 1 saturated heterocycles. The zero-order valence-corrected chi connectivity index (χ0v) is 10.7. The maximum absolute atomic E-state index is 12.4. The summed E-state index contributed by atoms with van der Waals surface area (Å²) in [4.78, 5) is 27.4. The molecule has 1 fully saturated rings. The molecule has 3 rings (SSSR count). The fourth-order valence-electron chi connectivity index (χ4n) is 2.71. The number of amides is 1. The molecule has 1 amide bonds. The van der Waals surface area contributed by atoms with Crippen LogP contribution >= 0.6 is 0 Å². The van der Waals surface area contributed by atoms with Gasteiger partial charge in [0, 0.05) is 30.4 Å². The van der Waals surface area contributed by atoms with Gasteiger partial charge in [-0.2, -0.15) is 0 Å². The van der Waals surface area contributed by atoms with Gasteiger partial charge in [0.15, 0.2) is 5.78 Å². The number of carbonyl (C=O) groups excluding carboxylic acids is 2.